The molecule has 0 aliphatic carbocycles. The van der Waals surface area contributed by atoms with Gasteiger partial charge in [0.15, 0.2) is 11.9 Å². The lowest BCUT2D eigenvalue weighted by atomic mass is 9.96. The number of pyridine rings is 1. The van der Waals surface area contributed by atoms with Crippen LogP contribution in [0.5, 0.6) is 11.6 Å². The second-order valence-corrected chi connectivity index (χ2v) is 6.92. The highest BCUT2D eigenvalue weighted by Gasteiger charge is 2.24. The van der Waals surface area contributed by atoms with Crippen LogP contribution in [0.3, 0.4) is 0 Å². The normalized spacial score (nSPS) is 20.7. The van der Waals surface area contributed by atoms with Crippen LogP contribution in [-0.2, 0) is 11.3 Å². The number of likely N-dealkylation sites (tertiary alicyclic amines) is 1. The molecule has 3 heterocycles. The van der Waals surface area contributed by atoms with Crippen LogP contribution in [-0.4, -0.2) is 35.5 Å². The molecule has 4 rings (SSSR count). The summed E-state index contributed by atoms with van der Waals surface area (Å²) >= 11 is 0. The number of piperidine rings is 1. The van der Waals surface area contributed by atoms with Gasteiger partial charge >= 0.3 is 0 Å². The summed E-state index contributed by atoms with van der Waals surface area (Å²) < 4.78 is 11.7. The molecule has 0 bridgehead atoms. The summed E-state index contributed by atoms with van der Waals surface area (Å²) in [5.41, 5.74) is 7.73. The number of ether oxygens (including phenoxy) is 2. The van der Waals surface area contributed by atoms with Gasteiger partial charge in [-0.1, -0.05) is 24.3 Å². The Morgan fingerprint density at radius 1 is 1.19 bits per heavy atom. The minimum absolute atomic E-state index is 0.0357. The van der Waals surface area contributed by atoms with Gasteiger partial charge in [0.05, 0.1) is 0 Å². The standard InChI is InChI=1S/C20H23N3O3/c21-19(24)16-7-10-23(11-8-16)12-14-3-5-15(6-4-14)18-13-25-17-2-1-9-22-20(17)26-18/h1-6,9,16,18H,7-8,10-13H2,(H2,21,24). The number of nitrogens with two attached hydrogens (primary N) is 1. The van der Waals surface area contributed by atoms with Gasteiger partial charge in [0.1, 0.15) is 6.61 Å². The minimum atomic E-state index is -0.167. The Balaban J connectivity index is 1.35. The molecule has 2 N–H and O–H groups in total. The van der Waals surface area contributed by atoms with E-state index in [-0.39, 0.29) is 17.9 Å². The number of hydrogen-bond acceptors (Lipinski definition) is 5. The number of fused-ring (bicyclic) bond motifs is 1. The van der Waals surface area contributed by atoms with Crippen LogP contribution in [0, 0.1) is 5.92 Å². The Labute approximate surface area is 152 Å². The molecule has 0 spiro atoms. The number of carbonyl (C=O) groups is 1. The van der Waals surface area contributed by atoms with Crippen LogP contribution in [0.4, 0.5) is 0 Å². The number of primary amides is 1. The fourth-order valence-corrected chi connectivity index (χ4v) is 3.54. The van der Waals surface area contributed by atoms with E-state index in [2.05, 4.69) is 34.1 Å². The van der Waals surface area contributed by atoms with Crippen molar-refractivity contribution in [3.8, 4) is 11.6 Å². The smallest absolute Gasteiger partial charge is 0.257 e. The molecule has 1 fully saturated rings. The van der Waals surface area contributed by atoms with Gasteiger partial charge in [-0.05, 0) is 49.2 Å². The molecular weight excluding hydrogens is 330 g/mol. The van der Waals surface area contributed by atoms with E-state index in [0.29, 0.717) is 18.2 Å². The van der Waals surface area contributed by atoms with E-state index in [9.17, 15) is 4.79 Å². The first-order valence-electron chi connectivity index (χ1n) is 9.04. The predicted octanol–water partition coefficient (Wildman–Crippen LogP) is 2.29. The molecule has 2 aliphatic rings. The van der Waals surface area contributed by atoms with E-state index in [1.807, 2.05) is 12.1 Å². The third-order valence-corrected chi connectivity index (χ3v) is 5.13. The number of aromatic nitrogens is 1. The van der Waals surface area contributed by atoms with E-state index in [1.165, 1.54) is 5.56 Å². The van der Waals surface area contributed by atoms with Gasteiger partial charge in [0.2, 0.25) is 5.91 Å². The van der Waals surface area contributed by atoms with Gasteiger partial charge in [-0.2, -0.15) is 0 Å². The average Bonchev–Trinajstić information content (AvgIpc) is 2.68. The predicted molar refractivity (Wildman–Crippen MR) is 96.7 cm³/mol. The second kappa shape index (κ2) is 7.33. The van der Waals surface area contributed by atoms with E-state index >= 15 is 0 Å². The highest BCUT2D eigenvalue weighted by atomic mass is 16.6. The van der Waals surface area contributed by atoms with Crippen molar-refractivity contribution in [1.29, 1.82) is 0 Å². The monoisotopic (exact) mass is 353 g/mol. The SMILES string of the molecule is NC(=O)C1CCN(Cc2ccc(C3COc4cccnc4O3)cc2)CC1. The molecule has 1 atom stereocenters. The highest BCUT2D eigenvalue weighted by Crippen LogP contribution is 2.34. The average molecular weight is 353 g/mol. The van der Waals surface area contributed by atoms with Crippen molar-refractivity contribution in [3.63, 3.8) is 0 Å². The van der Waals surface area contributed by atoms with Crippen LogP contribution in [0.1, 0.15) is 30.1 Å². The molecule has 2 aliphatic heterocycles. The van der Waals surface area contributed by atoms with Gasteiger partial charge < -0.3 is 15.2 Å². The van der Waals surface area contributed by atoms with Crippen molar-refractivity contribution in [3.05, 3.63) is 53.7 Å². The fourth-order valence-electron chi connectivity index (χ4n) is 3.54. The van der Waals surface area contributed by atoms with Crippen LogP contribution in [0.2, 0.25) is 0 Å². The number of amides is 1. The lowest BCUT2D eigenvalue weighted by Gasteiger charge is -2.30. The molecule has 1 amide bonds. The summed E-state index contributed by atoms with van der Waals surface area (Å²) in [6.45, 7) is 3.20. The number of benzene rings is 1. The molecule has 2 aromatic rings. The quantitative estimate of drug-likeness (QED) is 0.912. The van der Waals surface area contributed by atoms with Gasteiger partial charge in [-0.25, -0.2) is 4.98 Å². The number of rotatable bonds is 4. The Morgan fingerprint density at radius 2 is 1.96 bits per heavy atom. The first-order chi connectivity index (χ1) is 12.7. The molecule has 0 saturated carbocycles. The largest absolute Gasteiger partial charge is 0.484 e. The first-order valence-corrected chi connectivity index (χ1v) is 9.04. The lowest BCUT2D eigenvalue weighted by Crippen LogP contribution is -2.38. The minimum Gasteiger partial charge on any atom is -0.484 e. The summed E-state index contributed by atoms with van der Waals surface area (Å²) in [6, 6.07) is 12.1. The maximum atomic E-state index is 11.3. The van der Waals surface area contributed by atoms with Crippen molar-refractivity contribution < 1.29 is 14.3 Å². The molecular formula is C20H23N3O3. The summed E-state index contributed by atoms with van der Waals surface area (Å²) in [4.78, 5) is 17.9. The molecule has 1 aromatic carbocycles. The highest BCUT2D eigenvalue weighted by molar-refractivity contribution is 5.76. The maximum Gasteiger partial charge on any atom is 0.257 e. The molecule has 1 unspecified atom stereocenters. The third-order valence-electron chi connectivity index (χ3n) is 5.13. The van der Waals surface area contributed by atoms with Crippen LogP contribution in [0.25, 0.3) is 0 Å². The summed E-state index contributed by atoms with van der Waals surface area (Å²) in [6.07, 6.45) is 3.27. The topological polar surface area (TPSA) is 77.7 Å². The molecule has 136 valence electrons. The van der Waals surface area contributed by atoms with Gasteiger partial charge in [-0.15, -0.1) is 0 Å². The summed E-state index contributed by atoms with van der Waals surface area (Å²) in [5, 5.41) is 0. The first kappa shape index (κ1) is 16.8. The van der Waals surface area contributed by atoms with Crippen LogP contribution in [0.15, 0.2) is 42.6 Å². The Kier molecular flexibility index (Phi) is 4.75. The van der Waals surface area contributed by atoms with E-state index < -0.39 is 0 Å². The number of carbonyl (C=O) groups excluding carboxylic acids is 1. The van der Waals surface area contributed by atoms with Crippen molar-refractivity contribution in [2.45, 2.75) is 25.5 Å². The maximum absolute atomic E-state index is 11.3. The molecule has 6 nitrogen and oxygen atoms in total. The molecule has 26 heavy (non-hydrogen) atoms. The van der Waals surface area contributed by atoms with Crippen molar-refractivity contribution in [2.75, 3.05) is 19.7 Å². The van der Waals surface area contributed by atoms with Crippen molar-refractivity contribution in [2.24, 2.45) is 11.7 Å². The summed E-state index contributed by atoms with van der Waals surface area (Å²) in [7, 11) is 0. The molecule has 0 radical (unpaired) electrons. The van der Waals surface area contributed by atoms with E-state index in [0.717, 1.165) is 38.0 Å². The Hall–Kier alpha value is -2.60. The number of nitrogens with zero attached hydrogens (tertiary/aromatic N) is 2. The van der Waals surface area contributed by atoms with Gasteiger partial charge in [0.25, 0.3) is 5.88 Å². The zero-order valence-electron chi connectivity index (χ0n) is 14.6. The summed E-state index contributed by atoms with van der Waals surface area (Å²) in [5.74, 6) is 1.11. The zero-order chi connectivity index (χ0) is 17.9. The van der Waals surface area contributed by atoms with Crippen molar-refractivity contribution >= 4 is 5.91 Å². The zero-order valence-corrected chi connectivity index (χ0v) is 14.6. The molecule has 1 saturated heterocycles. The Bertz CT molecular complexity index is 770. The van der Waals surface area contributed by atoms with Gasteiger partial charge in [-0.3, -0.25) is 9.69 Å². The van der Waals surface area contributed by atoms with Crippen molar-refractivity contribution in [1.82, 2.24) is 9.88 Å². The number of hydrogen-bond donors (Lipinski definition) is 1. The Morgan fingerprint density at radius 3 is 2.69 bits per heavy atom. The van der Waals surface area contributed by atoms with E-state index in [4.69, 9.17) is 15.2 Å². The molecule has 1 aromatic heterocycles. The third kappa shape index (κ3) is 3.65. The lowest BCUT2D eigenvalue weighted by molar-refractivity contribution is -0.123. The van der Waals surface area contributed by atoms with Crippen LogP contribution < -0.4 is 15.2 Å². The van der Waals surface area contributed by atoms with E-state index in [1.54, 1.807) is 6.20 Å². The second-order valence-electron chi connectivity index (χ2n) is 6.92. The van der Waals surface area contributed by atoms with Gasteiger partial charge in [0, 0.05) is 18.7 Å². The molecule has 6 heteroatoms. The van der Waals surface area contributed by atoms with Crippen LogP contribution >= 0.6 is 0 Å². The fraction of sp³-hybridized carbons (Fsp3) is 0.400.